The van der Waals surface area contributed by atoms with E-state index in [1.54, 1.807) is 30.5 Å². The number of pyridine rings is 1. The predicted octanol–water partition coefficient (Wildman–Crippen LogP) is 4.73. The molecule has 2 amide bonds. The fourth-order valence-corrected chi connectivity index (χ4v) is 3.29. The summed E-state index contributed by atoms with van der Waals surface area (Å²) in [6.45, 7) is 2.44. The fourth-order valence-electron chi connectivity index (χ4n) is 3.29. The SMILES string of the molecule is Cc1ccccc1CNC(=O)c1cccc(C(=O)Nc2cccc3cccnc23)c1. The molecule has 0 fully saturated rings. The van der Waals surface area contributed by atoms with Crippen LogP contribution in [0, 0.1) is 6.92 Å². The number of benzene rings is 3. The van der Waals surface area contributed by atoms with E-state index < -0.39 is 0 Å². The number of aromatic nitrogens is 1. The van der Waals surface area contributed by atoms with Crippen LogP contribution in [0.25, 0.3) is 10.9 Å². The molecule has 0 spiro atoms. The van der Waals surface area contributed by atoms with E-state index in [4.69, 9.17) is 0 Å². The van der Waals surface area contributed by atoms with Crippen LogP contribution in [0.2, 0.25) is 0 Å². The van der Waals surface area contributed by atoms with Crippen molar-refractivity contribution in [3.8, 4) is 0 Å². The summed E-state index contributed by atoms with van der Waals surface area (Å²) in [5, 5.41) is 6.76. The summed E-state index contributed by atoms with van der Waals surface area (Å²) in [6, 6.07) is 24.0. The smallest absolute Gasteiger partial charge is 0.255 e. The fraction of sp³-hybridized carbons (Fsp3) is 0.0800. The van der Waals surface area contributed by atoms with Gasteiger partial charge in [0.05, 0.1) is 11.2 Å². The summed E-state index contributed by atoms with van der Waals surface area (Å²) in [5.74, 6) is -0.513. The second kappa shape index (κ2) is 8.57. The summed E-state index contributed by atoms with van der Waals surface area (Å²) in [7, 11) is 0. The average Bonchev–Trinajstić information content (AvgIpc) is 2.78. The Morgan fingerprint density at radius 3 is 2.40 bits per heavy atom. The van der Waals surface area contributed by atoms with Gasteiger partial charge in [0.2, 0.25) is 0 Å². The Balaban J connectivity index is 1.49. The molecule has 5 nitrogen and oxygen atoms in total. The number of aryl methyl sites for hydroxylation is 1. The first-order valence-corrected chi connectivity index (χ1v) is 9.70. The molecule has 4 aromatic rings. The van der Waals surface area contributed by atoms with Gasteiger partial charge in [0.15, 0.2) is 0 Å². The molecule has 0 aliphatic rings. The minimum atomic E-state index is -0.290. The number of amides is 2. The molecule has 0 bridgehead atoms. The largest absolute Gasteiger partial charge is 0.348 e. The first-order valence-electron chi connectivity index (χ1n) is 9.70. The summed E-state index contributed by atoms with van der Waals surface area (Å²) in [5.41, 5.74) is 4.38. The lowest BCUT2D eigenvalue weighted by Gasteiger charge is -2.10. The zero-order valence-corrected chi connectivity index (χ0v) is 16.6. The zero-order valence-electron chi connectivity index (χ0n) is 16.6. The molecule has 2 N–H and O–H groups in total. The second-order valence-corrected chi connectivity index (χ2v) is 7.02. The van der Waals surface area contributed by atoms with Crippen LogP contribution in [-0.4, -0.2) is 16.8 Å². The van der Waals surface area contributed by atoms with Crippen LogP contribution in [0.5, 0.6) is 0 Å². The molecule has 1 aromatic heterocycles. The van der Waals surface area contributed by atoms with Gasteiger partial charge in [-0.25, -0.2) is 0 Å². The van der Waals surface area contributed by atoms with Gasteiger partial charge in [-0.15, -0.1) is 0 Å². The van der Waals surface area contributed by atoms with Crippen molar-refractivity contribution in [2.75, 3.05) is 5.32 Å². The van der Waals surface area contributed by atoms with Gasteiger partial charge in [-0.3, -0.25) is 14.6 Å². The highest BCUT2D eigenvalue weighted by molar-refractivity contribution is 6.09. The van der Waals surface area contributed by atoms with Crippen LogP contribution in [0.3, 0.4) is 0 Å². The summed E-state index contributed by atoms with van der Waals surface area (Å²) in [4.78, 5) is 29.7. The Bertz CT molecular complexity index is 1230. The third-order valence-electron chi connectivity index (χ3n) is 4.97. The Labute approximate surface area is 174 Å². The number of nitrogens with zero attached hydrogens (tertiary/aromatic N) is 1. The van der Waals surface area contributed by atoms with Crippen LogP contribution < -0.4 is 10.6 Å². The summed E-state index contributed by atoms with van der Waals surface area (Å²) in [6.07, 6.45) is 1.69. The molecule has 0 saturated heterocycles. The van der Waals surface area contributed by atoms with Gasteiger partial charge in [0, 0.05) is 29.3 Å². The second-order valence-electron chi connectivity index (χ2n) is 7.02. The lowest BCUT2D eigenvalue weighted by Crippen LogP contribution is -2.23. The maximum absolute atomic E-state index is 12.8. The highest BCUT2D eigenvalue weighted by Crippen LogP contribution is 2.21. The van der Waals surface area contributed by atoms with Crippen LogP contribution >= 0.6 is 0 Å². The number of carbonyl (C=O) groups is 2. The molecule has 0 unspecified atom stereocenters. The molecule has 30 heavy (non-hydrogen) atoms. The van der Waals surface area contributed by atoms with E-state index in [9.17, 15) is 9.59 Å². The molecule has 0 aliphatic carbocycles. The normalized spacial score (nSPS) is 10.6. The Morgan fingerprint density at radius 2 is 1.57 bits per heavy atom. The van der Waals surface area contributed by atoms with Gasteiger partial charge in [0.25, 0.3) is 11.8 Å². The van der Waals surface area contributed by atoms with Crippen molar-refractivity contribution in [3.63, 3.8) is 0 Å². The molecular weight excluding hydrogens is 374 g/mol. The van der Waals surface area contributed by atoms with Crippen LogP contribution in [-0.2, 0) is 6.54 Å². The molecule has 4 rings (SSSR count). The van der Waals surface area contributed by atoms with Gasteiger partial charge >= 0.3 is 0 Å². The van der Waals surface area contributed by atoms with E-state index in [1.807, 2.05) is 61.5 Å². The number of anilines is 1. The van der Waals surface area contributed by atoms with Crippen LogP contribution in [0.1, 0.15) is 31.8 Å². The number of hydrogen-bond acceptors (Lipinski definition) is 3. The van der Waals surface area contributed by atoms with E-state index >= 15 is 0 Å². The van der Waals surface area contributed by atoms with Crippen molar-refractivity contribution < 1.29 is 9.59 Å². The number of rotatable bonds is 5. The predicted molar refractivity (Wildman–Crippen MR) is 118 cm³/mol. The molecule has 1 heterocycles. The van der Waals surface area contributed by atoms with Gasteiger partial charge in [0.1, 0.15) is 0 Å². The maximum Gasteiger partial charge on any atom is 0.255 e. The van der Waals surface area contributed by atoms with Crippen LogP contribution in [0.15, 0.2) is 85.1 Å². The van der Waals surface area contributed by atoms with Crippen molar-refractivity contribution >= 4 is 28.4 Å². The Kier molecular flexibility index (Phi) is 5.52. The maximum atomic E-state index is 12.8. The van der Waals surface area contributed by atoms with Crippen molar-refractivity contribution in [3.05, 3.63) is 107 Å². The molecule has 148 valence electrons. The topological polar surface area (TPSA) is 71.1 Å². The lowest BCUT2D eigenvalue weighted by molar-refractivity contribution is 0.0951. The number of para-hydroxylation sites is 1. The Hall–Kier alpha value is -3.99. The lowest BCUT2D eigenvalue weighted by atomic mass is 10.1. The molecule has 0 atom stereocenters. The standard InChI is InChI=1S/C25H21N3O2/c1-17-7-2-3-8-21(17)16-27-24(29)19-10-4-11-20(15-19)25(30)28-22-13-5-9-18-12-6-14-26-23(18)22/h2-15H,16H2,1H3,(H,27,29)(H,28,30). The zero-order chi connectivity index (χ0) is 20.9. The molecular formula is C25H21N3O2. The van der Waals surface area contributed by atoms with Crippen molar-refractivity contribution in [2.24, 2.45) is 0 Å². The average molecular weight is 395 g/mol. The van der Waals surface area contributed by atoms with Crippen molar-refractivity contribution in [2.45, 2.75) is 13.5 Å². The van der Waals surface area contributed by atoms with Crippen molar-refractivity contribution in [1.29, 1.82) is 0 Å². The van der Waals surface area contributed by atoms with E-state index in [1.165, 1.54) is 0 Å². The highest BCUT2D eigenvalue weighted by Gasteiger charge is 2.12. The van der Waals surface area contributed by atoms with Gasteiger partial charge in [-0.1, -0.05) is 48.5 Å². The monoisotopic (exact) mass is 395 g/mol. The van der Waals surface area contributed by atoms with E-state index in [0.717, 1.165) is 22.0 Å². The number of nitrogens with one attached hydrogen (secondary N) is 2. The molecule has 3 aromatic carbocycles. The number of hydrogen-bond donors (Lipinski definition) is 2. The molecule has 0 radical (unpaired) electrons. The minimum absolute atomic E-state index is 0.222. The molecule has 0 aliphatic heterocycles. The highest BCUT2D eigenvalue weighted by atomic mass is 16.2. The Morgan fingerprint density at radius 1 is 0.833 bits per heavy atom. The van der Waals surface area contributed by atoms with E-state index in [0.29, 0.717) is 23.4 Å². The summed E-state index contributed by atoms with van der Waals surface area (Å²) >= 11 is 0. The minimum Gasteiger partial charge on any atom is -0.348 e. The summed E-state index contributed by atoms with van der Waals surface area (Å²) < 4.78 is 0. The third-order valence-corrected chi connectivity index (χ3v) is 4.97. The molecule has 5 heteroatoms. The first kappa shape index (κ1) is 19.3. The first-order chi connectivity index (χ1) is 14.6. The van der Waals surface area contributed by atoms with Gasteiger partial charge < -0.3 is 10.6 Å². The van der Waals surface area contributed by atoms with Crippen molar-refractivity contribution in [1.82, 2.24) is 10.3 Å². The van der Waals surface area contributed by atoms with Gasteiger partial charge in [-0.05, 0) is 48.4 Å². The van der Waals surface area contributed by atoms with Crippen LogP contribution in [0.4, 0.5) is 5.69 Å². The number of fused-ring (bicyclic) bond motifs is 1. The molecule has 0 saturated carbocycles. The van der Waals surface area contributed by atoms with E-state index in [-0.39, 0.29) is 11.8 Å². The quantitative estimate of drug-likeness (QED) is 0.513. The van der Waals surface area contributed by atoms with Gasteiger partial charge in [-0.2, -0.15) is 0 Å². The van der Waals surface area contributed by atoms with E-state index in [2.05, 4.69) is 15.6 Å². The third kappa shape index (κ3) is 4.20. The number of carbonyl (C=O) groups excluding carboxylic acids is 2.